The zero-order chi connectivity index (χ0) is 18.5. The highest BCUT2D eigenvalue weighted by atomic mass is 32.1. The van der Waals surface area contributed by atoms with Crippen LogP contribution in [0.4, 0.5) is 0 Å². The van der Waals surface area contributed by atoms with Gasteiger partial charge in [0.15, 0.2) is 11.5 Å². The maximum absolute atomic E-state index is 9.59. The molecule has 0 N–H and O–H groups in total. The van der Waals surface area contributed by atoms with E-state index in [-0.39, 0.29) is 6.10 Å². The first-order valence-electron chi connectivity index (χ1n) is 8.07. The molecule has 0 saturated heterocycles. The van der Waals surface area contributed by atoms with E-state index in [2.05, 4.69) is 11.1 Å². The number of nitrogens with zero attached hydrogens (tertiary/aromatic N) is 2. The molecule has 3 rings (SSSR count). The summed E-state index contributed by atoms with van der Waals surface area (Å²) in [6.07, 6.45) is 1.86. The van der Waals surface area contributed by atoms with Crippen molar-refractivity contribution < 1.29 is 9.47 Å². The number of nitriles is 1. The van der Waals surface area contributed by atoms with E-state index in [1.807, 2.05) is 61.0 Å². The van der Waals surface area contributed by atoms with Crippen molar-refractivity contribution in [3.63, 3.8) is 0 Å². The van der Waals surface area contributed by atoms with Gasteiger partial charge in [0, 0.05) is 5.38 Å². The van der Waals surface area contributed by atoms with Crippen LogP contribution in [0.2, 0.25) is 0 Å². The summed E-state index contributed by atoms with van der Waals surface area (Å²) in [6.45, 7) is 3.93. The Labute approximate surface area is 161 Å². The molecule has 0 bridgehead atoms. The number of ether oxygens (including phenoxy) is 2. The van der Waals surface area contributed by atoms with Gasteiger partial charge in [-0.1, -0.05) is 12.1 Å². The second-order valence-corrected chi connectivity index (χ2v) is 7.57. The summed E-state index contributed by atoms with van der Waals surface area (Å²) < 4.78 is 11.1. The van der Waals surface area contributed by atoms with Crippen LogP contribution in [0.15, 0.2) is 41.1 Å². The minimum absolute atomic E-state index is 0.0332. The molecule has 0 aliphatic heterocycles. The lowest BCUT2D eigenvalue weighted by atomic mass is 10.1. The Morgan fingerprint density at radius 3 is 2.73 bits per heavy atom. The van der Waals surface area contributed by atoms with Gasteiger partial charge in [0.1, 0.15) is 11.1 Å². The number of benzene rings is 1. The van der Waals surface area contributed by atoms with Gasteiger partial charge in [0.05, 0.1) is 29.4 Å². The second kappa shape index (κ2) is 8.17. The number of methoxy groups -OCH3 is 1. The standard InChI is InChI=1S/C20H18N2O2S2/c1-13(2)24-18-10-14(6-7-17(18)23-3)9-15(11-21)20-22-16(12-26-20)19-5-4-8-25-19/h4-10,12-13H,1-3H3/b15-9-. The molecule has 0 radical (unpaired) electrons. The number of thiophene rings is 1. The topological polar surface area (TPSA) is 55.1 Å². The number of aromatic nitrogens is 1. The van der Waals surface area contributed by atoms with Gasteiger partial charge >= 0.3 is 0 Å². The van der Waals surface area contributed by atoms with E-state index in [0.717, 1.165) is 16.1 Å². The van der Waals surface area contributed by atoms with Crippen LogP contribution in [0.25, 0.3) is 22.2 Å². The molecule has 6 heteroatoms. The van der Waals surface area contributed by atoms with Gasteiger partial charge in [-0.05, 0) is 49.1 Å². The molecule has 26 heavy (non-hydrogen) atoms. The number of allylic oxidation sites excluding steroid dienone is 1. The number of hydrogen-bond donors (Lipinski definition) is 0. The first-order valence-corrected chi connectivity index (χ1v) is 9.83. The molecule has 0 unspecified atom stereocenters. The van der Waals surface area contributed by atoms with Gasteiger partial charge in [0.25, 0.3) is 0 Å². The number of rotatable bonds is 6. The Balaban J connectivity index is 1.93. The van der Waals surface area contributed by atoms with Crippen LogP contribution in [-0.4, -0.2) is 18.2 Å². The van der Waals surface area contributed by atoms with Gasteiger partial charge in [-0.15, -0.1) is 22.7 Å². The Hall–Kier alpha value is -2.62. The van der Waals surface area contributed by atoms with Crippen LogP contribution < -0.4 is 9.47 Å². The minimum atomic E-state index is 0.0332. The molecule has 0 atom stereocenters. The van der Waals surface area contributed by atoms with E-state index < -0.39 is 0 Å². The quantitative estimate of drug-likeness (QED) is 0.511. The van der Waals surface area contributed by atoms with Crippen molar-refractivity contribution in [2.45, 2.75) is 20.0 Å². The third-order valence-corrected chi connectivity index (χ3v) is 5.26. The lowest BCUT2D eigenvalue weighted by Gasteiger charge is -2.14. The van der Waals surface area contributed by atoms with Crippen LogP contribution in [0.3, 0.4) is 0 Å². The number of hydrogen-bond acceptors (Lipinski definition) is 6. The average Bonchev–Trinajstić information content (AvgIpc) is 3.30. The summed E-state index contributed by atoms with van der Waals surface area (Å²) in [7, 11) is 1.61. The van der Waals surface area contributed by atoms with Crippen molar-refractivity contribution >= 4 is 34.3 Å². The van der Waals surface area contributed by atoms with Crippen molar-refractivity contribution in [1.82, 2.24) is 4.98 Å². The maximum atomic E-state index is 9.59. The maximum Gasteiger partial charge on any atom is 0.162 e. The second-order valence-electron chi connectivity index (χ2n) is 5.76. The van der Waals surface area contributed by atoms with Crippen molar-refractivity contribution in [3.8, 4) is 28.1 Å². The van der Waals surface area contributed by atoms with Gasteiger partial charge in [0.2, 0.25) is 0 Å². The lowest BCUT2D eigenvalue weighted by Crippen LogP contribution is -2.06. The van der Waals surface area contributed by atoms with Crippen LogP contribution >= 0.6 is 22.7 Å². The molecule has 0 fully saturated rings. The molecule has 0 spiro atoms. The largest absolute Gasteiger partial charge is 0.493 e. The van der Waals surface area contributed by atoms with E-state index >= 15 is 0 Å². The van der Waals surface area contributed by atoms with Crippen molar-refractivity contribution in [2.75, 3.05) is 7.11 Å². The molecule has 0 aliphatic carbocycles. The molecule has 0 aliphatic rings. The summed E-state index contributed by atoms with van der Waals surface area (Å²) in [5.41, 5.74) is 2.30. The normalized spacial score (nSPS) is 11.4. The zero-order valence-corrected chi connectivity index (χ0v) is 16.4. The van der Waals surface area contributed by atoms with Gasteiger partial charge in [-0.3, -0.25) is 0 Å². The Kier molecular flexibility index (Phi) is 5.71. The first-order chi connectivity index (χ1) is 12.6. The van der Waals surface area contributed by atoms with E-state index in [0.29, 0.717) is 22.1 Å². The highest BCUT2D eigenvalue weighted by molar-refractivity contribution is 7.14. The highest BCUT2D eigenvalue weighted by Crippen LogP contribution is 2.32. The van der Waals surface area contributed by atoms with Crippen LogP contribution in [0, 0.1) is 11.3 Å². The van der Waals surface area contributed by atoms with Crippen LogP contribution in [0.1, 0.15) is 24.4 Å². The summed E-state index contributed by atoms with van der Waals surface area (Å²) in [5, 5.41) is 14.3. The smallest absolute Gasteiger partial charge is 0.162 e. The third kappa shape index (κ3) is 4.13. The fourth-order valence-electron chi connectivity index (χ4n) is 2.37. The SMILES string of the molecule is COc1ccc(/C=C(/C#N)c2nc(-c3cccs3)cs2)cc1OC(C)C. The predicted molar refractivity (Wildman–Crippen MR) is 108 cm³/mol. The fourth-order valence-corrected chi connectivity index (χ4v) is 3.92. The predicted octanol–water partition coefficient (Wildman–Crippen LogP) is 5.73. The molecule has 132 valence electrons. The molecule has 1 aromatic carbocycles. The summed E-state index contributed by atoms with van der Waals surface area (Å²) in [4.78, 5) is 5.71. The molecule has 0 saturated carbocycles. The highest BCUT2D eigenvalue weighted by Gasteiger charge is 2.11. The minimum Gasteiger partial charge on any atom is -0.493 e. The van der Waals surface area contributed by atoms with Crippen molar-refractivity contribution in [2.24, 2.45) is 0 Å². The van der Waals surface area contributed by atoms with Gasteiger partial charge < -0.3 is 9.47 Å². The van der Waals surface area contributed by atoms with Crippen LogP contribution in [0.5, 0.6) is 11.5 Å². The van der Waals surface area contributed by atoms with Gasteiger partial charge in [-0.25, -0.2) is 4.98 Å². The zero-order valence-electron chi connectivity index (χ0n) is 14.7. The first kappa shape index (κ1) is 18.2. The van der Waals surface area contributed by atoms with Crippen molar-refractivity contribution in [1.29, 1.82) is 5.26 Å². The molecule has 0 amide bonds. The summed E-state index contributed by atoms with van der Waals surface area (Å²) >= 11 is 3.11. The van der Waals surface area contributed by atoms with E-state index in [1.165, 1.54) is 11.3 Å². The van der Waals surface area contributed by atoms with Crippen molar-refractivity contribution in [3.05, 3.63) is 51.7 Å². The Bertz CT molecular complexity index is 951. The third-order valence-electron chi connectivity index (χ3n) is 3.49. The van der Waals surface area contributed by atoms with Gasteiger partial charge in [-0.2, -0.15) is 5.26 Å². The fraction of sp³-hybridized carbons (Fsp3) is 0.200. The molecular weight excluding hydrogens is 364 g/mol. The summed E-state index contributed by atoms with van der Waals surface area (Å²) in [6, 6.07) is 11.9. The Morgan fingerprint density at radius 1 is 1.23 bits per heavy atom. The Morgan fingerprint density at radius 2 is 2.08 bits per heavy atom. The van der Waals surface area contributed by atoms with E-state index in [1.54, 1.807) is 18.4 Å². The number of thiazole rings is 1. The molecule has 2 heterocycles. The molecule has 3 aromatic rings. The average molecular weight is 383 g/mol. The molecular formula is C20H18N2O2S2. The lowest BCUT2D eigenvalue weighted by molar-refractivity contribution is 0.230. The summed E-state index contributed by atoms with van der Waals surface area (Å²) in [5.74, 6) is 1.33. The molecule has 4 nitrogen and oxygen atoms in total. The monoisotopic (exact) mass is 382 g/mol. The van der Waals surface area contributed by atoms with Crippen LogP contribution in [-0.2, 0) is 0 Å². The van der Waals surface area contributed by atoms with E-state index in [4.69, 9.17) is 9.47 Å². The molecule has 2 aromatic heterocycles. The van der Waals surface area contributed by atoms with E-state index in [9.17, 15) is 5.26 Å².